The predicted octanol–water partition coefficient (Wildman–Crippen LogP) is 2.61. The minimum atomic E-state index is 1.07. The van der Waals surface area contributed by atoms with Gasteiger partial charge in [0.05, 0.1) is 0 Å². The van der Waals surface area contributed by atoms with E-state index in [1.54, 1.807) is 0 Å². The summed E-state index contributed by atoms with van der Waals surface area (Å²) in [4.78, 5) is 0. The number of hydrogen-bond acceptors (Lipinski definition) is 0. The van der Waals surface area contributed by atoms with Crippen LogP contribution in [0.25, 0.3) is 0 Å². The lowest BCUT2D eigenvalue weighted by Crippen LogP contribution is -1.92. The molecule has 0 atom stereocenters. The van der Waals surface area contributed by atoms with Gasteiger partial charge in [0.25, 0.3) is 0 Å². The summed E-state index contributed by atoms with van der Waals surface area (Å²) < 4.78 is 2.18. The van der Waals surface area contributed by atoms with E-state index >= 15 is 0 Å². The molecule has 0 unspecified atom stereocenters. The molecule has 0 spiro atoms. The predicted molar refractivity (Wildman–Crippen MR) is 47.4 cm³/mol. The quantitative estimate of drug-likeness (QED) is 0.455. The van der Waals surface area contributed by atoms with Crippen molar-refractivity contribution in [3.05, 3.63) is 42.9 Å². The third-order valence-corrected chi connectivity index (χ3v) is 1.58. The van der Waals surface area contributed by atoms with Gasteiger partial charge in [-0.15, -0.1) is 5.73 Å². The van der Waals surface area contributed by atoms with Gasteiger partial charge in [-0.2, -0.15) is 0 Å². The minimum Gasteiger partial charge on any atom is -0.354 e. The smallest absolute Gasteiger partial charge is 0.0222 e. The first-order valence-electron chi connectivity index (χ1n) is 3.88. The maximum Gasteiger partial charge on any atom is 0.0222 e. The average Bonchev–Trinajstić information content (AvgIpc) is 2.50. The van der Waals surface area contributed by atoms with Crippen molar-refractivity contribution >= 4 is 0 Å². The first kappa shape index (κ1) is 7.90. The maximum absolute atomic E-state index is 3.51. The van der Waals surface area contributed by atoms with E-state index in [0.29, 0.717) is 0 Å². The van der Waals surface area contributed by atoms with Crippen LogP contribution in [-0.4, -0.2) is 4.57 Å². The van der Waals surface area contributed by atoms with Gasteiger partial charge in [0, 0.05) is 18.9 Å². The highest BCUT2D eigenvalue weighted by atomic mass is 14.9. The second kappa shape index (κ2) is 4.59. The Bertz CT molecular complexity index is 227. The summed E-state index contributed by atoms with van der Waals surface area (Å²) in [6.45, 7) is 4.60. The largest absolute Gasteiger partial charge is 0.354 e. The summed E-state index contributed by atoms with van der Waals surface area (Å²) in [5.74, 6) is 0. The lowest BCUT2D eigenvalue weighted by atomic mass is 10.3. The first-order chi connectivity index (χ1) is 5.43. The van der Waals surface area contributed by atoms with Crippen molar-refractivity contribution in [2.45, 2.75) is 19.4 Å². The zero-order valence-electron chi connectivity index (χ0n) is 6.66. The van der Waals surface area contributed by atoms with Crippen molar-refractivity contribution in [3.8, 4) is 0 Å². The molecule has 1 aromatic heterocycles. The third kappa shape index (κ3) is 2.92. The molecule has 1 heterocycles. The number of nitrogens with zero attached hydrogens (tertiary/aromatic N) is 1. The van der Waals surface area contributed by atoms with Crippen molar-refractivity contribution in [1.29, 1.82) is 0 Å². The molecule has 1 aromatic rings. The van der Waals surface area contributed by atoms with Gasteiger partial charge in [0.1, 0.15) is 0 Å². The van der Waals surface area contributed by atoms with Crippen molar-refractivity contribution in [1.82, 2.24) is 4.57 Å². The Morgan fingerprint density at radius 1 is 1.36 bits per heavy atom. The topological polar surface area (TPSA) is 4.93 Å². The Hall–Kier alpha value is -1.20. The molecule has 1 heteroatoms. The van der Waals surface area contributed by atoms with Gasteiger partial charge in [-0.05, 0) is 31.1 Å². The van der Waals surface area contributed by atoms with Crippen LogP contribution < -0.4 is 0 Å². The molecule has 0 amide bonds. The molecule has 11 heavy (non-hydrogen) atoms. The summed E-state index contributed by atoms with van der Waals surface area (Å²) >= 11 is 0. The highest BCUT2D eigenvalue weighted by Gasteiger charge is 1.85. The van der Waals surface area contributed by atoms with Crippen LogP contribution in [0, 0.1) is 0 Å². The molecule has 0 radical (unpaired) electrons. The Kier molecular flexibility index (Phi) is 3.30. The van der Waals surface area contributed by atoms with Crippen molar-refractivity contribution < 1.29 is 0 Å². The second-order valence-electron chi connectivity index (χ2n) is 2.47. The lowest BCUT2D eigenvalue weighted by molar-refractivity contribution is 0.654. The molecule has 58 valence electrons. The first-order valence-corrected chi connectivity index (χ1v) is 3.88. The normalized spacial score (nSPS) is 9.09. The molecule has 0 aliphatic heterocycles. The Balaban J connectivity index is 2.18. The monoisotopic (exact) mass is 147 g/mol. The molecular weight excluding hydrogens is 134 g/mol. The van der Waals surface area contributed by atoms with Gasteiger partial charge in [0.15, 0.2) is 0 Å². The number of unbranched alkanes of at least 4 members (excludes halogenated alkanes) is 1. The van der Waals surface area contributed by atoms with E-state index in [4.69, 9.17) is 0 Å². The highest BCUT2D eigenvalue weighted by molar-refractivity contribution is 4.90. The number of aryl methyl sites for hydroxylation is 1. The Morgan fingerprint density at radius 2 is 2.09 bits per heavy atom. The summed E-state index contributed by atoms with van der Waals surface area (Å²) in [7, 11) is 0. The summed E-state index contributed by atoms with van der Waals surface area (Å²) in [6.07, 6.45) is 8.37. The average molecular weight is 147 g/mol. The van der Waals surface area contributed by atoms with E-state index < -0.39 is 0 Å². The highest BCUT2D eigenvalue weighted by Crippen LogP contribution is 1.96. The van der Waals surface area contributed by atoms with Gasteiger partial charge in [-0.25, -0.2) is 0 Å². The molecule has 0 N–H and O–H groups in total. The van der Waals surface area contributed by atoms with Crippen LogP contribution in [0.2, 0.25) is 0 Å². The fourth-order valence-corrected chi connectivity index (χ4v) is 0.997. The molecule has 0 saturated heterocycles. The van der Waals surface area contributed by atoms with Crippen LogP contribution in [0.5, 0.6) is 0 Å². The standard InChI is InChI=1S/C10H13N/c1-2-3-4-5-8-11-9-6-7-10-11/h3,6-7,9-10H,1,4-5,8H2. The van der Waals surface area contributed by atoms with E-state index in [1.807, 2.05) is 18.2 Å². The van der Waals surface area contributed by atoms with Crippen LogP contribution in [0.4, 0.5) is 0 Å². The zero-order valence-corrected chi connectivity index (χ0v) is 6.66. The van der Waals surface area contributed by atoms with Crippen molar-refractivity contribution in [3.63, 3.8) is 0 Å². The number of allylic oxidation sites excluding steroid dienone is 1. The van der Waals surface area contributed by atoms with Gasteiger partial charge in [-0.1, -0.05) is 6.58 Å². The third-order valence-electron chi connectivity index (χ3n) is 1.58. The summed E-state index contributed by atoms with van der Waals surface area (Å²) in [6, 6.07) is 4.09. The van der Waals surface area contributed by atoms with Crippen LogP contribution in [0.3, 0.4) is 0 Å². The molecule has 1 rings (SSSR count). The van der Waals surface area contributed by atoms with E-state index in [1.165, 1.54) is 0 Å². The minimum absolute atomic E-state index is 1.07. The Morgan fingerprint density at radius 3 is 2.73 bits per heavy atom. The van der Waals surface area contributed by atoms with Gasteiger partial charge < -0.3 is 4.57 Å². The molecule has 0 aliphatic rings. The molecule has 0 fully saturated rings. The molecule has 1 nitrogen and oxygen atoms in total. The molecule has 0 aliphatic carbocycles. The summed E-state index contributed by atoms with van der Waals surface area (Å²) in [5.41, 5.74) is 2.76. The second-order valence-corrected chi connectivity index (χ2v) is 2.47. The van der Waals surface area contributed by atoms with Crippen molar-refractivity contribution in [2.75, 3.05) is 0 Å². The lowest BCUT2D eigenvalue weighted by Gasteiger charge is -1.98. The number of rotatable bonds is 4. The fourth-order valence-electron chi connectivity index (χ4n) is 0.997. The fraction of sp³-hybridized carbons (Fsp3) is 0.300. The zero-order chi connectivity index (χ0) is 7.94. The van der Waals surface area contributed by atoms with E-state index in [-0.39, 0.29) is 0 Å². The molecular formula is C10H13N. The number of aromatic nitrogens is 1. The Labute approximate surface area is 67.7 Å². The van der Waals surface area contributed by atoms with Gasteiger partial charge >= 0.3 is 0 Å². The molecule has 0 aromatic carbocycles. The van der Waals surface area contributed by atoms with E-state index in [0.717, 1.165) is 19.4 Å². The van der Waals surface area contributed by atoms with Gasteiger partial charge in [0.2, 0.25) is 0 Å². The molecule has 0 bridgehead atoms. The van der Waals surface area contributed by atoms with Crippen LogP contribution in [-0.2, 0) is 6.54 Å². The van der Waals surface area contributed by atoms with Gasteiger partial charge in [-0.3, -0.25) is 0 Å². The van der Waals surface area contributed by atoms with Crippen molar-refractivity contribution in [2.24, 2.45) is 0 Å². The molecule has 0 saturated carbocycles. The van der Waals surface area contributed by atoms with E-state index in [9.17, 15) is 0 Å². The number of hydrogen-bond donors (Lipinski definition) is 0. The van der Waals surface area contributed by atoms with Crippen LogP contribution in [0.15, 0.2) is 42.9 Å². The van der Waals surface area contributed by atoms with Crippen LogP contribution >= 0.6 is 0 Å². The SMILES string of the molecule is C=C=CCCCn1cccc1. The summed E-state index contributed by atoms with van der Waals surface area (Å²) in [5, 5.41) is 0. The van der Waals surface area contributed by atoms with E-state index in [2.05, 4.69) is 29.3 Å². The maximum atomic E-state index is 3.51. The van der Waals surface area contributed by atoms with Crippen LogP contribution in [0.1, 0.15) is 12.8 Å².